The molecule has 4 heteroatoms. The molecule has 0 unspecified atom stereocenters. The van der Waals surface area contributed by atoms with E-state index in [1.54, 1.807) is 13.8 Å². The highest BCUT2D eigenvalue weighted by molar-refractivity contribution is 6.04. The van der Waals surface area contributed by atoms with Crippen LogP contribution in [0.2, 0.25) is 0 Å². The molecule has 19 heavy (non-hydrogen) atoms. The molecule has 1 saturated carbocycles. The van der Waals surface area contributed by atoms with Crippen molar-refractivity contribution in [1.82, 2.24) is 10.6 Å². The predicted molar refractivity (Wildman–Crippen MR) is 76.7 cm³/mol. The van der Waals surface area contributed by atoms with E-state index in [2.05, 4.69) is 10.6 Å². The first-order valence-electron chi connectivity index (χ1n) is 7.26. The van der Waals surface area contributed by atoms with Crippen LogP contribution in [0, 0.1) is 5.41 Å². The Balaban J connectivity index is 2.59. The van der Waals surface area contributed by atoms with E-state index in [0.717, 1.165) is 12.8 Å². The first kappa shape index (κ1) is 16.0. The van der Waals surface area contributed by atoms with Gasteiger partial charge in [-0.15, -0.1) is 0 Å². The topological polar surface area (TPSA) is 58.2 Å². The van der Waals surface area contributed by atoms with Crippen LogP contribution in [0.1, 0.15) is 66.7 Å². The molecular weight excluding hydrogens is 240 g/mol. The van der Waals surface area contributed by atoms with E-state index < -0.39 is 5.41 Å². The van der Waals surface area contributed by atoms with Crippen LogP contribution in [-0.2, 0) is 9.59 Å². The van der Waals surface area contributed by atoms with E-state index in [-0.39, 0.29) is 23.4 Å². The highest BCUT2D eigenvalue weighted by Gasteiger charge is 2.38. The van der Waals surface area contributed by atoms with Gasteiger partial charge < -0.3 is 10.6 Å². The Morgan fingerprint density at radius 2 is 1.42 bits per heavy atom. The molecule has 0 spiro atoms. The summed E-state index contributed by atoms with van der Waals surface area (Å²) in [7, 11) is 0. The predicted octanol–water partition coefficient (Wildman–Crippen LogP) is 2.38. The summed E-state index contributed by atoms with van der Waals surface area (Å²) >= 11 is 0. The fraction of sp³-hybridized carbons (Fsp3) is 0.867. The van der Waals surface area contributed by atoms with Crippen molar-refractivity contribution in [2.75, 3.05) is 0 Å². The first-order valence-corrected chi connectivity index (χ1v) is 7.26. The van der Waals surface area contributed by atoms with Crippen molar-refractivity contribution in [3.05, 3.63) is 0 Å². The van der Waals surface area contributed by atoms with Crippen molar-refractivity contribution in [2.24, 2.45) is 5.41 Å². The molecule has 0 aromatic carbocycles. The molecular formula is C15H28N2O2. The highest BCUT2D eigenvalue weighted by Crippen LogP contribution is 2.21. The number of hydrogen-bond acceptors (Lipinski definition) is 2. The molecule has 0 atom stereocenters. The quantitative estimate of drug-likeness (QED) is 0.772. The van der Waals surface area contributed by atoms with E-state index in [0.29, 0.717) is 0 Å². The van der Waals surface area contributed by atoms with Gasteiger partial charge in [0.05, 0.1) is 0 Å². The van der Waals surface area contributed by atoms with Crippen LogP contribution in [-0.4, -0.2) is 23.4 Å². The Labute approximate surface area is 116 Å². The molecule has 2 amide bonds. The van der Waals surface area contributed by atoms with Crippen LogP contribution in [0.15, 0.2) is 0 Å². The number of rotatable bonds is 3. The van der Waals surface area contributed by atoms with E-state index >= 15 is 0 Å². The minimum atomic E-state index is -1.02. The summed E-state index contributed by atoms with van der Waals surface area (Å²) in [5, 5.41) is 5.90. The maximum atomic E-state index is 12.3. The van der Waals surface area contributed by atoms with Crippen LogP contribution in [0.25, 0.3) is 0 Å². The maximum absolute atomic E-state index is 12.3. The molecule has 110 valence electrons. The van der Waals surface area contributed by atoms with Crippen molar-refractivity contribution in [3.8, 4) is 0 Å². The zero-order valence-electron chi connectivity index (χ0n) is 12.9. The minimum Gasteiger partial charge on any atom is -0.352 e. The average Bonchev–Trinajstić information content (AvgIpc) is 2.27. The molecule has 4 nitrogen and oxygen atoms in total. The van der Waals surface area contributed by atoms with E-state index in [9.17, 15) is 9.59 Å². The second-order valence-electron chi connectivity index (χ2n) is 7.14. The minimum absolute atomic E-state index is 0.166. The van der Waals surface area contributed by atoms with E-state index in [1.165, 1.54) is 19.3 Å². The monoisotopic (exact) mass is 268 g/mol. The number of amides is 2. The van der Waals surface area contributed by atoms with E-state index in [1.807, 2.05) is 20.8 Å². The van der Waals surface area contributed by atoms with Gasteiger partial charge in [0.15, 0.2) is 0 Å². The van der Waals surface area contributed by atoms with Gasteiger partial charge in [0.25, 0.3) is 0 Å². The Hall–Kier alpha value is -1.06. The van der Waals surface area contributed by atoms with Gasteiger partial charge in [0, 0.05) is 11.6 Å². The summed E-state index contributed by atoms with van der Waals surface area (Å²) in [4.78, 5) is 24.5. The fourth-order valence-electron chi connectivity index (χ4n) is 2.21. The summed E-state index contributed by atoms with van der Waals surface area (Å²) < 4.78 is 0. The lowest BCUT2D eigenvalue weighted by atomic mass is 9.88. The SMILES string of the molecule is CC(C)(C)NC(=O)C(C)(C)C(=O)NC1CCCCC1. The smallest absolute Gasteiger partial charge is 0.235 e. The molecule has 1 rings (SSSR count). The largest absolute Gasteiger partial charge is 0.352 e. The molecule has 2 N–H and O–H groups in total. The lowest BCUT2D eigenvalue weighted by Gasteiger charge is -2.31. The van der Waals surface area contributed by atoms with Crippen molar-refractivity contribution in [2.45, 2.75) is 78.3 Å². The number of carbonyl (C=O) groups excluding carboxylic acids is 2. The summed E-state index contributed by atoms with van der Waals surface area (Å²) in [6.45, 7) is 9.12. The van der Waals surface area contributed by atoms with Gasteiger partial charge in [-0.05, 0) is 47.5 Å². The fourth-order valence-corrected chi connectivity index (χ4v) is 2.21. The van der Waals surface area contributed by atoms with Gasteiger partial charge in [0.2, 0.25) is 11.8 Å². The van der Waals surface area contributed by atoms with Crippen molar-refractivity contribution in [1.29, 1.82) is 0 Å². The van der Waals surface area contributed by atoms with Crippen LogP contribution in [0.3, 0.4) is 0 Å². The van der Waals surface area contributed by atoms with Gasteiger partial charge in [-0.1, -0.05) is 19.3 Å². The Bertz CT molecular complexity index is 337. The maximum Gasteiger partial charge on any atom is 0.235 e. The molecule has 0 bridgehead atoms. The third-order valence-electron chi connectivity index (χ3n) is 3.56. The number of nitrogens with one attached hydrogen (secondary N) is 2. The molecule has 1 aliphatic carbocycles. The molecule has 0 aliphatic heterocycles. The summed E-state index contributed by atoms with van der Waals surface area (Å²) in [5.74, 6) is -0.380. The van der Waals surface area contributed by atoms with Crippen molar-refractivity contribution >= 4 is 11.8 Å². The summed E-state index contributed by atoms with van der Waals surface area (Å²) in [5.41, 5.74) is -1.34. The van der Waals surface area contributed by atoms with Gasteiger partial charge in [-0.25, -0.2) is 0 Å². The van der Waals surface area contributed by atoms with Crippen molar-refractivity contribution in [3.63, 3.8) is 0 Å². The van der Waals surface area contributed by atoms with Gasteiger partial charge in [0.1, 0.15) is 5.41 Å². The molecule has 0 heterocycles. The molecule has 1 fully saturated rings. The Morgan fingerprint density at radius 3 is 1.89 bits per heavy atom. The molecule has 1 aliphatic rings. The van der Waals surface area contributed by atoms with Crippen LogP contribution in [0.5, 0.6) is 0 Å². The molecule has 0 aromatic heterocycles. The number of carbonyl (C=O) groups is 2. The lowest BCUT2D eigenvalue weighted by Crippen LogP contribution is -2.54. The second kappa shape index (κ2) is 5.93. The molecule has 0 aromatic rings. The van der Waals surface area contributed by atoms with Gasteiger partial charge in [-0.2, -0.15) is 0 Å². The summed E-state index contributed by atoms with van der Waals surface area (Å²) in [6, 6.07) is 0.239. The zero-order valence-corrected chi connectivity index (χ0v) is 12.9. The third kappa shape index (κ3) is 4.84. The van der Waals surface area contributed by atoms with Crippen LogP contribution in [0.4, 0.5) is 0 Å². The Morgan fingerprint density at radius 1 is 0.895 bits per heavy atom. The van der Waals surface area contributed by atoms with Crippen molar-refractivity contribution < 1.29 is 9.59 Å². The van der Waals surface area contributed by atoms with E-state index in [4.69, 9.17) is 0 Å². The first-order chi connectivity index (χ1) is 8.63. The van der Waals surface area contributed by atoms with Crippen LogP contribution < -0.4 is 10.6 Å². The molecule has 0 saturated heterocycles. The average molecular weight is 268 g/mol. The van der Waals surface area contributed by atoms with Gasteiger partial charge in [-0.3, -0.25) is 9.59 Å². The zero-order chi connectivity index (χ0) is 14.7. The highest BCUT2D eigenvalue weighted by atomic mass is 16.2. The van der Waals surface area contributed by atoms with Crippen LogP contribution >= 0.6 is 0 Å². The number of hydrogen-bond donors (Lipinski definition) is 2. The standard InChI is InChI=1S/C15H28N2O2/c1-14(2,3)17-13(19)15(4,5)12(18)16-11-9-7-6-8-10-11/h11H,6-10H2,1-5H3,(H,16,18)(H,17,19). The van der Waals surface area contributed by atoms with Gasteiger partial charge >= 0.3 is 0 Å². The Kier molecular flexibility index (Phi) is 4.99. The second-order valence-corrected chi connectivity index (χ2v) is 7.14. The molecule has 0 radical (unpaired) electrons. The normalized spacial score (nSPS) is 17.9. The summed E-state index contributed by atoms with van der Waals surface area (Å²) in [6.07, 6.45) is 5.64. The third-order valence-corrected chi connectivity index (χ3v) is 3.56. The lowest BCUT2D eigenvalue weighted by molar-refractivity contribution is -0.142.